The Balaban J connectivity index is 2.26. The lowest BCUT2D eigenvalue weighted by atomic mass is 10.1. The van der Waals surface area contributed by atoms with Gasteiger partial charge in [0.25, 0.3) is 0 Å². The Bertz CT molecular complexity index is 724. The molecule has 2 aromatic rings. The average Bonchev–Trinajstić information content (AvgIpc) is 2.90. The molecule has 0 amide bonds. The number of aromatic nitrogens is 1. The Hall–Kier alpha value is -1.28. The zero-order chi connectivity index (χ0) is 15.5. The molecule has 7 heteroatoms. The molecule has 0 unspecified atom stereocenters. The molecule has 0 aliphatic heterocycles. The molecule has 0 atom stereocenters. The van der Waals surface area contributed by atoms with Gasteiger partial charge in [0.15, 0.2) is 0 Å². The number of benzene rings is 1. The summed E-state index contributed by atoms with van der Waals surface area (Å²) in [6, 6.07) is 5.00. The van der Waals surface area contributed by atoms with Crippen molar-refractivity contribution in [1.29, 1.82) is 0 Å². The number of sulfonamides is 1. The second-order valence-electron chi connectivity index (χ2n) is 4.64. The van der Waals surface area contributed by atoms with Crippen LogP contribution in [0.3, 0.4) is 0 Å². The Morgan fingerprint density at radius 1 is 1.38 bits per heavy atom. The van der Waals surface area contributed by atoms with E-state index in [9.17, 15) is 13.5 Å². The molecule has 1 aromatic heterocycles. The third kappa shape index (κ3) is 3.88. The van der Waals surface area contributed by atoms with Crippen LogP contribution in [0.25, 0.3) is 0 Å². The number of nitrogens with one attached hydrogen (secondary N) is 1. The Morgan fingerprint density at radius 3 is 2.71 bits per heavy atom. The molecular weight excluding hydrogens is 308 g/mol. The topological polar surface area (TPSA) is 79.3 Å². The van der Waals surface area contributed by atoms with E-state index in [1.165, 1.54) is 17.4 Å². The maximum absolute atomic E-state index is 12.4. The zero-order valence-electron chi connectivity index (χ0n) is 12.0. The molecule has 0 aliphatic carbocycles. The Labute approximate surface area is 128 Å². The highest BCUT2D eigenvalue weighted by atomic mass is 32.2. The van der Waals surface area contributed by atoms with E-state index in [0.29, 0.717) is 17.7 Å². The monoisotopic (exact) mass is 326 g/mol. The minimum atomic E-state index is -3.62. The van der Waals surface area contributed by atoms with Gasteiger partial charge in [0, 0.05) is 5.38 Å². The van der Waals surface area contributed by atoms with Crippen LogP contribution in [0.1, 0.15) is 28.8 Å². The smallest absolute Gasteiger partial charge is 0.241 e. The van der Waals surface area contributed by atoms with E-state index in [0.717, 1.165) is 10.6 Å². The van der Waals surface area contributed by atoms with Gasteiger partial charge in [-0.25, -0.2) is 18.1 Å². The number of aryl methyl sites for hydroxylation is 2. The number of hydrogen-bond donors (Lipinski definition) is 2. The molecule has 0 bridgehead atoms. The SMILES string of the molecule is CCc1ccc(CO)cc1S(=O)(=O)NCc1csc(C)n1. The summed E-state index contributed by atoms with van der Waals surface area (Å²) in [5.41, 5.74) is 2.02. The van der Waals surface area contributed by atoms with Crippen LogP contribution in [0, 0.1) is 6.92 Å². The number of hydrogen-bond acceptors (Lipinski definition) is 5. The molecule has 21 heavy (non-hydrogen) atoms. The normalized spacial score (nSPS) is 11.8. The minimum absolute atomic E-state index is 0.166. The quantitative estimate of drug-likeness (QED) is 0.851. The minimum Gasteiger partial charge on any atom is -0.392 e. The highest BCUT2D eigenvalue weighted by Crippen LogP contribution is 2.19. The van der Waals surface area contributed by atoms with E-state index in [4.69, 9.17) is 0 Å². The summed E-state index contributed by atoms with van der Waals surface area (Å²) in [7, 11) is -3.62. The van der Waals surface area contributed by atoms with E-state index in [-0.39, 0.29) is 18.0 Å². The van der Waals surface area contributed by atoms with Crippen LogP contribution in [0.4, 0.5) is 0 Å². The van der Waals surface area contributed by atoms with Crippen molar-refractivity contribution in [2.75, 3.05) is 0 Å². The number of aliphatic hydroxyl groups excluding tert-OH is 1. The van der Waals surface area contributed by atoms with Crippen LogP contribution in [0.2, 0.25) is 0 Å². The lowest BCUT2D eigenvalue weighted by Gasteiger charge is -2.11. The standard InChI is InChI=1S/C14H18N2O3S2/c1-3-12-5-4-11(8-17)6-14(12)21(18,19)15-7-13-9-20-10(2)16-13/h4-6,9,15,17H,3,7-8H2,1-2H3. The predicted molar refractivity (Wildman–Crippen MR) is 82.6 cm³/mol. The first-order valence-corrected chi connectivity index (χ1v) is 8.96. The van der Waals surface area contributed by atoms with E-state index < -0.39 is 10.0 Å². The summed E-state index contributed by atoms with van der Waals surface area (Å²) >= 11 is 1.49. The van der Waals surface area contributed by atoms with Gasteiger partial charge < -0.3 is 5.11 Å². The van der Waals surface area contributed by atoms with Gasteiger partial charge in [0.1, 0.15) is 0 Å². The fourth-order valence-electron chi connectivity index (χ4n) is 1.98. The van der Waals surface area contributed by atoms with E-state index in [1.54, 1.807) is 12.1 Å². The van der Waals surface area contributed by atoms with Gasteiger partial charge in [-0.15, -0.1) is 11.3 Å². The van der Waals surface area contributed by atoms with E-state index >= 15 is 0 Å². The predicted octanol–water partition coefficient (Wildman–Crippen LogP) is 1.98. The Morgan fingerprint density at radius 2 is 2.14 bits per heavy atom. The summed E-state index contributed by atoms with van der Waals surface area (Å²) in [5, 5.41) is 11.9. The summed E-state index contributed by atoms with van der Waals surface area (Å²) in [4.78, 5) is 4.46. The summed E-state index contributed by atoms with van der Waals surface area (Å²) < 4.78 is 27.5. The number of aliphatic hydroxyl groups is 1. The number of thiazole rings is 1. The molecule has 0 spiro atoms. The number of rotatable bonds is 6. The molecule has 1 heterocycles. The number of nitrogens with zero attached hydrogens (tertiary/aromatic N) is 1. The van der Waals surface area contributed by atoms with Crippen molar-refractivity contribution < 1.29 is 13.5 Å². The van der Waals surface area contributed by atoms with Crippen molar-refractivity contribution in [2.24, 2.45) is 0 Å². The second-order valence-corrected chi connectivity index (χ2v) is 7.43. The molecule has 1 aromatic carbocycles. The van der Waals surface area contributed by atoms with Gasteiger partial charge in [-0.3, -0.25) is 0 Å². The van der Waals surface area contributed by atoms with E-state index in [1.807, 2.05) is 19.2 Å². The highest BCUT2D eigenvalue weighted by molar-refractivity contribution is 7.89. The third-order valence-electron chi connectivity index (χ3n) is 3.09. The summed E-state index contributed by atoms with van der Waals surface area (Å²) in [6.45, 7) is 3.76. The van der Waals surface area contributed by atoms with Crippen LogP contribution in [0.5, 0.6) is 0 Å². The average molecular weight is 326 g/mol. The van der Waals surface area contributed by atoms with Crippen molar-refractivity contribution in [3.63, 3.8) is 0 Å². The van der Waals surface area contributed by atoms with Gasteiger partial charge >= 0.3 is 0 Å². The fourth-order valence-corrected chi connectivity index (χ4v) is 3.95. The molecule has 5 nitrogen and oxygen atoms in total. The van der Waals surface area contributed by atoms with Gasteiger partial charge in [0.05, 0.1) is 28.7 Å². The first kappa shape index (κ1) is 16.1. The third-order valence-corrected chi connectivity index (χ3v) is 5.40. The van der Waals surface area contributed by atoms with Crippen molar-refractivity contribution in [3.8, 4) is 0 Å². The van der Waals surface area contributed by atoms with E-state index in [2.05, 4.69) is 9.71 Å². The van der Waals surface area contributed by atoms with Crippen LogP contribution >= 0.6 is 11.3 Å². The highest BCUT2D eigenvalue weighted by Gasteiger charge is 2.18. The first-order valence-electron chi connectivity index (χ1n) is 6.59. The molecule has 0 saturated carbocycles. The van der Waals surface area contributed by atoms with Gasteiger partial charge in [-0.05, 0) is 30.5 Å². The van der Waals surface area contributed by atoms with Crippen LogP contribution in [0.15, 0.2) is 28.5 Å². The molecule has 2 N–H and O–H groups in total. The molecule has 0 saturated heterocycles. The zero-order valence-corrected chi connectivity index (χ0v) is 13.6. The summed E-state index contributed by atoms with van der Waals surface area (Å²) in [6.07, 6.45) is 0.609. The first-order chi connectivity index (χ1) is 9.96. The van der Waals surface area contributed by atoms with Crippen LogP contribution in [-0.4, -0.2) is 18.5 Å². The molecular formula is C14H18N2O3S2. The fraction of sp³-hybridized carbons (Fsp3) is 0.357. The van der Waals surface area contributed by atoms with Crippen LogP contribution in [-0.2, 0) is 29.6 Å². The van der Waals surface area contributed by atoms with Crippen molar-refractivity contribution in [2.45, 2.75) is 38.3 Å². The van der Waals surface area contributed by atoms with Crippen molar-refractivity contribution in [3.05, 3.63) is 45.4 Å². The largest absolute Gasteiger partial charge is 0.392 e. The Kier molecular flexibility index (Phi) is 5.10. The lowest BCUT2D eigenvalue weighted by Crippen LogP contribution is -2.24. The van der Waals surface area contributed by atoms with Gasteiger partial charge in [-0.1, -0.05) is 19.1 Å². The summed E-state index contributed by atoms with van der Waals surface area (Å²) in [5.74, 6) is 0. The maximum atomic E-state index is 12.4. The van der Waals surface area contributed by atoms with Crippen molar-refractivity contribution in [1.82, 2.24) is 9.71 Å². The van der Waals surface area contributed by atoms with Crippen LogP contribution < -0.4 is 4.72 Å². The maximum Gasteiger partial charge on any atom is 0.241 e. The molecule has 0 aliphatic rings. The molecule has 114 valence electrons. The second kappa shape index (κ2) is 6.65. The molecule has 2 rings (SSSR count). The van der Waals surface area contributed by atoms with Crippen molar-refractivity contribution >= 4 is 21.4 Å². The molecule has 0 radical (unpaired) electrons. The molecule has 0 fully saturated rings. The lowest BCUT2D eigenvalue weighted by molar-refractivity contribution is 0.281. The van der Waals surface area contributed by atoms with Gasteiger partial charge in [0.2, 0.25) is 10.0 Å². The van der Waals surface area contributed by atoms with Gasteiger partial charge in [-0.2, -0.15) is 0 Å².